The first-order valence-corrected chi connectivity index (χ1v) is 8.44. The minimum atomic E-state index is 0.367. The lowest BCUT2D eigenvalue weighted by atomic mass is 9.68. The third kappa shape index (κ3) is 3.56. The summed E-state index contributed by atoms with van der Waals surface area (Å²) in [6, 6.07) is 7.02. The molecule has 1 aliphatic carbocycles. The zero-order valence-electron chi connectivity index (χ0n) is 13.1. The molecule has 0 spiro atoms. The monoisotopic (exact) mass is 293 g/mol. The Morgan fingerprint density at radius 1 is 1.25 bits per heavy atom. The van der Waals surface area contributed by atoms with Crippen molar-refractivity contribution in [3.05, 3.63) is 34.3 Å². The van der Waals surface area contributed by atoms with Crippen LogP contribution in [0, 0.1) is 12.3 Å². The molecule has 2 heteroatoms. The van der Waals surface area contributed by atoms with Crippen LogP contribution < -0.4 is 5.32 Å². The Morgan fingerprint density at radius 3 is 2.55 bits per heavy atom. The van der Waals surface area contributed by atoms with Gasteiger partial charge in [-0.15, -0.1) is 0 Å². The van der Waals surface area contributed by atoms with Gasteiger partial charge in [-0.05, 0) is 55.3 Å². The summed E-state index contributed by atoms with van der Waals surface area (Å²) < 4.78 is 0. The number of aryl methyl sites for hydroxylation is 1. The largest absolute Gasteiger partial charge is 0.309 e. The molecule has 0 aliphatic heterocycles. The van der Waals surface area contributed by atoms with Crippen LogP contribution in [0.2, 0.25) is 5.02 Å². The summed E-state index contributed by atoms with van der Waals surface area (Å²) in [5.74, 6) is 0. The molecule has 1 atom stereocenters. The van der Waals surface area contributed by atoms with E-state index in [-0.39, 0.29) is 0 Å². The van der Waals surface area contributed by atoms with E-state index in [1.165, 1.54) is 49.7 Å². The molecule has 1 unspecified atom stereocenters. The van der Waals surface area contributed by atoms with Crippen molar-refractivity contribution in [2.24, 2.45) is 5.41 Å². The Bertz CT molecular complexity index is 435. The molecular formula is C18H28ClN. The Morgan fingerprint density at radius 2 is 1.95 bits per heavy atom. The van der Waals surface area contributed by atoms with Gasteiger partial charge in [0.05, 0.1) is 0 Å². The molecule has 0 bridgehead atoms. The number of rotatable bonds is 5. The Kier molecular flexibility index (Phi) is 5.51. The first kappa shape index (κ1) is 15.9. The molecule has 1 aromatic carbocycles. The average molecular weight is 294 g/mol. The van der Waals surface area contributed by atoms with Gasteiger partial charge >= 0.3 is 0 Å². The van der Waals surface area contributed by atoms with E-state index in [1.54, 1.807) is 0 Å². The zero-order valence-corrected chi connectivity index (χ0v) is 13.9. The third-order valence-corrected chi connectivity index (χ3v) is 5.23. The molecule has 0 amide bonds. The van der Waals surface area contributed by atoms with Gasteiger partial charge in [0.1, 0.15) is 0 Å². The molecule has 1 aromatic rings. The highest BCUT2D eigenvalue weighted by molar-refractivity contribution is 6.31. The molecule has 1 fully saturated rings. The second-order valence-electron chi connectivity index (χ2n) is 6.61. The van der Waals surface area contributed by atoms with Crippen molar-refractivity contribution in [1.29, 1.82) is 0 Å². The minimum absolute atomic E-state index is 0.367. The van der Waals surface area contributed by atoms with Crippen molar-refractivity contribution in [2.45, 2.75) is 65.3 Å². The van der Waals surface area contributed by atoms with Crippen molar-refractivity contribution in [3.8, 4) is 0 Å². The van der Waals surface area contributed by atoms with Crippen LogP contribution in [-0.2, 0) is 0 Å². The second-order valence-corrected chi connectivity index (χ2v) is 7.02. The molecular weight excluding hydrogens is 266 g/mol. The Hall–Kier alpha value is -0.530. The number of hydrogen-bond acceptors (Lipinski definition) is 1. The van der Waals surface area contributed by atoms with Gasteiger partial charge in [0.2, 0.25) is 0 Å². The van der Waals surface area contributed by atoms with Crippen molar-refractivity contribution in [3.63, 3.8) is 0 Å². The minimum Gasteiger partial charge on any atom is -0.309 e. The molecule has 1 saturated carbocycles. The summed E-state index contributed by atoms with van der Waals surface area (Å²) in [5.41, 5.74) is 2.89. The molecule has 1 nitrogen and oxygen atoms in total. The lowest BCUT2D eigenvalue weighted by Gasteiger charge is -2.42. The molecule has 1 N–H and O–H groups in total. The number of benzene rings is 1. The molecule has 0 saturated heterocycles. The SMILES string of the molecule is CCCNC(c1ccc(C)c(Cl)c1)C1(C)CCCCC1. The van der Waals surface area contributed by atoms with Gasteiger partial charge in [-0.2, -0.15) is 0 Å². The fourth-order valence-corrected chi connectivity index (χ4v) is 3.68. The van der Waals surface area contributed by atoms with Gasteiger partial charge in [-0.3, -0.25) is 0 Å². The summed E-state index contributed by atoms with van der Waals surface area (Å²) in [4.78, 5) is 0. The van der Waals surface area contributed by atoms with Gasteiger partial charge in [0.25, 0.3) is 0 Å². The molecule has 0 radical (unpaired) electrons. The molecule has 20 heavy (non-hydrogen) atoms. The highest BCUT2D eigenvalue weighted by atomic mass is 35.5. The number of hydrogen-bond donors (Lipinski definition) is 1. The van der Waals surface area contributed by atoms with Crippen molar-refractivity contribution >= 4 is 11.6 Å². The van der Waals surface area contributed by atoms with Gasteiger partial charge in [0, 0.05) is 11.1 Å². The maximum Gasteiger partial charge on any atom is 0.0438 e. The van der Waals surface area contributed by atoms with Crippen LogP contribution in [0.15, 0.2) is 18.2 Å². The average Bonchev–Trinajstić information content (AvgIpc) is 2.43. The summed E-state index contributed by atoms with van der Waals surface area (Å²) in [6.45, 7) is 7.83. The maximum absolute atomic E-state index is 6.35. The zero-order chi connectivity index (χ0) is 14.6. The van der Waals surface area contributed by atoms with Gasteiger partial charge in [0.15, 0.2) is 0 Å². The Labute approximate surface area is 129 Å². The van der Waals surface area contributed by atoms with E-state index in [1.807, 2.05) is 0 Å². The number of halogens is 1. The summed E-state index contributed by atoms with van der Waals surface area (Å²) in [7, 11) is 0. The van der Waals surface area contributed by atoms with E-state index < -0.39 is 0 Å². The summed E-state index contributed by atoms with van der Waals surface area (Å²) in [5, 5.41) is 4.68. The quantitative estimate of drug-likeness (QED) is 0.738. The lowest BCUT2D eigenvalue weighted by Crippen LogP contribution is -2.38. The van der Waals surface area contributed by atoms with Crippen LogP contribution in [0.1, 0.15) is 69.5 Å². The van der Waals surface area contributed by atoms with Crippen LogP contribution in [0.4, 0.5) is 0 Å². The van der Waals surface area contributed by atoms with E-state index in [4.69, 9.17) is 11.6 Å². The first-order valence-electron chi connectivity index (χ1n) is 8.06. The van der Waals surface area contributed by atoms with Crippen molar-refractivity contribution in [1.82, 2.24) is 5.32 Å². The van der Waals surface area contributed by atoms with E-state index in [0.29, 0.717) is 11.5 Å². The van der Waals surface area contributed by atoms with Crippen LogP contribution in [0.3, 0.4) is 0 Å². The van der Waals surface area contributed by atoms with Gasteiger partial charge < -0.3 is 5.32 Å². The van der Waals surface area contributed by atoms with Crippen LogP contribution >= 0.6 is 11.6 Å². The van der Waals surface area contributed by atoms with Crippen LogP contribution in [0.5, 0.6) is 0 Å². The summed E-state index contributed by atoms with van der Waals surface area (Å²) in [6.07, 6.45) is 7.93. The molecule has 0 aromatic heterocycles. The molecule has 0 heterocycles. The topological polar surface area (TPSA) is 12.0 Å². The standard InChI is InChI=1S/C18H28ClN/c1-4-12-20-17(18(3)10-6-5-7-11-18)15-9-8-14(2)16(19)13-15/h8-9,13,17,20H,4-7,10-12H2,1-3H3. The predicted octanol–water partition coefficient (Wildman–Crippen LogP) is 5.66. The van der Waals surface area contributed by atoms with Crippen molar-refractivity contribution in [2.75, 3.05) is 6.54 Å². The lowest BCUT2D eigenvalue weighted by molar-refractivity contribution is 0.145. The maximum atomic E-state index is 6.35. The van der Waals surface area contributed by atoms with E-state index >= 15 is 0 Å². The Balaban J connectivity index is 2.28. The van der Waals surface area contributed by atoms with Gasteiger partial charge in [-0.1, -0.05) is 56.8 Å². The highest BCUT2D eigenvalue weighted by Gasteiger charge is 2.36. The molecule has 1 aliphatic rings. The second kappa shape index (κ2) is 6.95. The van der Waals surface area contributed by atoms with E-state index in [0.717, 1.165) is 11.6 Å². The van der Waals surface area contributed by atoms with Crippen molar-refractivity contribution < 1.29 is 0 Å². The van der Waals surface area contributed by atoms with E-state index in [2.05, 4.69) is 44.3 Å². The van der Waals surface area contributed by atoms with Crippen LogP contribution in [-0.4, -0.2) is 6.54 Å². The predicted molar refractivity (Wildman–Crippen MR) is 88.4 cm³/mol. The molecule has 112 valence electrons. The first-order chi connectivity index (χ1) is 9.57. The fraction of sp³-hybridized carbons (Fsp3) is 0.667. The smallest absolute Gasteiger partial charge is 0.0438 e. The highest BCUT2D eigenvalue weighted by Crippen LogP contribution is 2.46. The van der Waals surface area contributed by atoms with Gasteiger partial charge in [-0.25, -0.2) is 0 Å². The van der Waals surface area contributed by atoms with Crippen LogP contribution in [0.25, 0.3) is 0 Å². The fourth-order valence-electron chi connectivity index (χ4n) is 3.49. The van der Waals surface area contributed by atoms with E-state index in [9.17, 15) is 0 Å². The summed E-state index contributed by atoms with van der Waals surface area (Å²) >= 11 is 6.35. The normalized spacial score (nSPS) is 19.8. The third-order valence-electron chi connectivity index (χ3n) is 4.82. The number of nitrogens with one attached hydrogen (secondary N) is 1. The molecule has 2 rings (SSSR count).